The lowest BCUT2D eigenvalue weighted by Crippen LogP contribution is -2.12. The zero-order chi connectivity index (χ0) is 16.6. The first-order chi connectivity index (χ1) is 11.0. The number of ether oxygens (including phenoxy) is 1. The molecule has 0 amide bonds. The lowest BCUT2D eigenvalue weighted by Gasteiger charge is -2.07. The van der Waals surface area contributed by atoms with Crippen LogP contribution in [-0.4, -0.2) is 17.5 Å². The molecule has 0 aliphatic heterocycles. The van der Waals surface area contributed by atoms with Gasteiger partial charge in [0.1, 0.15) is 11.2 Å². The molecule has 3 rings (SSSR count). The van der Waals surface area contributed by atoms with E-state index in [0.717, 1.165) is 12.1 Å². The highest BCUT2D eigenvalue weighted by Gasteiger charge is 2.22. The van der Waals surface area contributed by atoms with Gasteiger partial charge in [0, 0.05) is 6.07 Å². The van der Waals surface area contributed by atoms with Crippen LogP contribution < -0.4 is 5.43 Å². The van der Waals surface area contributed by atoms with Crippen LogP contribution in [0.1, 0.15) is 17.3 Å². The smallest absolute Gasteiger partial charge is 0.339 e. The van der Waals surface area contributed by atoms with Gasteiger partial charge in [0.15, 0.2) is 0 Å². The number of nitro groups is 1. The molecule has 0 atom stereocenters. The topological polar surface area (TPSA) is 99.7 Å². The molecule has 0 bridgehead atoms. The van der Waals surface area contributed by atoms with E-state index in [4.69, 9.17) is 9.15 Å². The molecule has 7 nitrogen and oxygen atoms in total. The number of carbonyl (C=O) groups is 1. The average molecular weight is 313 g/mol. The summed E-state index contributed by atoms with van der Waals surface area (Å²) in [6.07, 6.45) is 0. The van der Waals surface area contributed by atoms with E-state index in [0.29, 0.717) is 11.0 Å². The molecule has 0 unspecified atom stereocenters. The summed E-state index contributed by atoms with van der Waals surface area (Å²) in [4.78, 5) is 35.2. The van der Waals surface area contributed by atoms with Crippen LogP contribution >= 0.6 is 0 Å². The monoisotopic (exact) mass is 313 g/mol. The van der Waals surface area contributed by atoms with Gasteiger partial charge in [0.05, 0.1) is 33.9 Å². The molecule has 1 aromatic heterocycles. The Balaban J connectivity index is 2.47. The first kappa shape index (κ1) is 14.7. The van der Waals surface area contributed by atoms with Gasteiger partial charge in [-0.05, 0) is 19.1 Å². The Labute approximate surface area is 129 Å². The van der Waals surface area contributed by atoms with Gasteiger partial charge in [-0.3, -0.25) is 14.9 Å². The van der Waals surface area contributed by atoms with E-state index in [1.807, 2.05) is 0 Å². The molecule has 1 heterocycles. The minimum Gasteiger partial charge on any atom is -0.462 e. The number of esters is 1. The molecule has 0 fully saturated rings. The fraction of sp³-hybridized carbons (Fsp3) is 0.125. The second kappa shape index (κ2) is 5.53. The molecular formula is C16H11NO6. The van der Waals surface area contributed by atoms with E-state index in [1.54, 1.807) is 31.2 Å². The van der Waals surface area contributed by atoms with Crippen molar-refractivity contribution >= 4 is 33.6 Å². The molecule has 3 aromatic rings. The van der Waals surface area contributed by atoms with Gasteiger partial charge in [-0.2, -0.15) is 0 Å². The summed E-state index contributed by atoms with van der Waals surface area (Å²) in [5.41, 5.74) is -0.680. The predicted molar refractivity (Wildman–Crippen MR) is 82.6 cm³/mol. The summed E-state index contributed by atoms with van der Waals surface area (Å²) >= 11 is 0. The summed E-state index contributed by atoms with van der Waals surface area (Å²) in [6, 6.07) is 8.66. The summed E-state index contributed by atoms with van der Waals surface area (Å²) in [7, 11) is 0. The Morgan fingerprint density at radius 2 is 2.00 bits per heavy atom. The highest BCUT2D eigenvalue weighted by Crippen LogP contribution is 2.27. The van der Waals surface area contributed by atoms with Crippen LogP contribution in [0, 0.1) is 10.1 Å². The van der Waals surface area contributed by atoms with Crippen molar-refractivity contribution in [1.82, 2.24) is 0 Å². The Hall–Kier alpha value is -3.22. The number of rotatable bonds is 3. The van der Waals surface area contributed by atoms with Crippen LogP contribution in [0.15, 0.2) is 45.6 Å². The van der Waals surface area contributed by atoms with Gasteiger partial charge < -0.3 is 9.15 Å². The van der Waals surface area contributed by atoms with Crippen LogP contribution in [0.2, 0.25) is 0 Å². The number of nitro benzene ring substituents is 1. The van der Waals surface area contributed by atoms with Gasteiger partial charge in [-0.1, -0.05) is 12.1 Å². The van der Waals surface area contributed by atoms with E-state index in [2.05, 4.69) is 0 Å². The maximum Gasteiger partial charge on any atom is 0.339 e. The van der Waals surface area contributed by atoms with Gasteiger partial charge in [0.25, 0.3) is 5.69 Å². The fourth-order valence-corrected chi connectivity index (χ4v) is 2.39. The van der Waals surface area contributed by atoms with Crippen LogP contribution in [0.3, 0.4) is 0 Å². The molecule has 0 saturated heterocycles. The average Bonchev–Trinajstić information content (AvgIpc) is 2.54. The highest BCUT2D eigenvalue weighted by molar-refractivity contribution is 6.06. The number of non-ortho nitro benzene ring substituents is 1. The largest absolute Gasteiger partial charge is 0.462 e. The van der Waals surface area contributed by atoms with Crippen molar-refractivity contribution < 1.29 is 18.9 Å². The Kier molecular flexibility index (Phi) is 3.53. The fourth-order valence-electron chi connectivity index (χ4n) is 2.39. The minimum absolute atomic E-state index is 0.0206. The molecule has 0 aliphatic carbocycles. The maximum atomic E-state index is 12.7. The standard InChI is InChI=1S/C16H11NO6/c1-2-22-16(19)11-7-9(17(20)21)8-13-14(11)15(18)10-5-3-4-6-12(10)23-13/h3-8H,2H2,1H3. The molecule has 0 aliphatic rings. The minimum atomic E-state index is -0.802. The molecular weight excluding hydrogens is 302 g/mol. The number of benzene rings is 2. The van der Waals surface area contributed by atoms with Crippen LogP contribution in [0.25, 0.3) is 21.9 Å². The number of para-hydroxylation sites is 1. The summed E-state index contributed by atoms with van der Waals surface area (Å²) in [5.74, 6) is -0.802. The second-order valence-corrected chi connectivity index (χ2v) is 4.77. The van der Waals surface area contributed by atoms with Crippen molar-refractivity contribution in [3.05, 3.63) is 62.3 Å². The quantitative estimate of drug-likeness (QED) is 0.319. The molecule has 0 N–H and O–H groups in total. The summed E-state index contributed by atoms with van der Waals surface area (Å²) in [6.45, 7) is 1.69. The van der Waals surface area contributed by atoms with E-state index >= 15 is 0 Å². The number of nitrogens with zero attached hydrogens (tertiary/aromatic N) is 1. The normalized spacial score (nSPS) is 10.8. The van der Waals surface area contributed by atoms with Crippen molar-refractivity contribution in [3.63, 3.8) is 0 Å². The molecule has 116 valence electrons. The Morgan fingerprint density at radius 3 is 2.70 bits per heavy atom. The van der Waals surface area contributed by atoms with Crippen molar-refractivity contribution in [2.24, 2.45) is 0 Å². The van der Waals surface area contributed by atoms with Crippen LogP contribution in [0.4, 0.5) is 5.69 Å². The van der Waals surface area contributed by atoms with Crippen molar-refractivity contribution in [2.75, 3.05) is 6.61 Å². The number of hydrogen-bond acceptors (Lipinski definition) is 6. The van der Waals surface area contributed by atoms with Gasteiger partial charge in [-0.25, -0.2) is 4.79 Å². The van der Waals surface area contributed by atoms with E-state index in [-0.39, 0.29) is 28.8 Å². The van der Waals surface area contributed by atoms with Gasteiger partial charge >= 0.3 is 5.97 Å². The predicted octanol–water partition coefficient (Wildman–Crippen LogP) is 3.03. The molecule has 2 aromatic carbocycles. The van der Waals surface area contributed by atoms with Gasteiger partial charge in [-0.15, -0.1) is 0 Å². The van der Waals surface area contributed by atoms with E-state index in [9.17, 15) is 19.7 Å². The second-order valence-electron chi connectivity index (χ2n) is 4.77. The van der Waals surface area contributed by atoms with E-state index < -0.39 is 16.3 Å². The van der Waals surface area contributed by atoms with E-state index in [1.165, 1.54) is 0 Å². The first-order valence-electron chi connectivity index (χ1n) is 6.84. The lowest BCUT2D eigenvalue weighted by molar-refractivity contribution is -0.384. The SMILES string of the molecule is CCOC(=O)c1cc([N+](=O)[O-])cc2oc3ccccc3c(=O)c12. The summed E-state index contributed by atoms with van der Waals surface area (Å²) in [5, 5.41) is 11.3. The van der Waals surface area contributed by atoms with Gasteiger partial charge in [0.2, 0.25) is 5.43 Å². The lowest BCUT2D eigenvalue weighted by atomic mass is 10.1. The molecule has 0 saturated carbocycles. The maximum absolute atomic E-state index is 12.7. The first-order valence-corrected chi connectivity index (χ1v) is 6.84. The molecule has 7 heteroatoms. The third-order valence-electron chi connectivity index (χ3n) is 3.37. The molecule has 0 spiro atoms. The summed E-state index contributed by atoms with van der Waals surface area (Å²) < 4.78 is 10.5. The number of hydrogen-bond donors (Lipinski definition) is 0. The third kappa shape index (κ3) is 2.42. The molecule has 23 heavy (non-hydrogen) atoms. The van der Waals surface area contributed by atoms with Crippen molar-refractivity contribution in [1.29, 1.82) is 0 Å². The molecule has 0 radical (unpaired) electrons. The zero-order valence-corrected chi connectivity index (χ0v) is 12.1. The van der Waals surface area contributed by atoms with Crippen molar-refractivity contribution in [2.45, 2.75) is 6.92 Å². The number of carbonyl (C=O) groups excluding carboxylic acids is 1. The Morgan fingerprint density at radius 1 is 1.26 bits per heavy atom. The zero-order valence-electron chi connectivity index (χ0n) is 12.1. The Bertz CT molecular complexity index is 1000. The van der Waals surface area contributed by atoms with Crippen molar-refractivity contribution in [3.8, 4) is 0 Å². The number of fused-ring (bicyclic) bond motifs is 2. The van der Waals surface area contributed by atoms with Crippen LogP contribution in [-0.2, 0) is 4.74 Å². The van der Waals surface area contributed by atoms with Crippen LogP contribution in [0.5, 0.6) is 0 Å². The third-order valence-corrected chi connectivity index (χ3v) is 3.37. The highest BCUT2D eigenvalue weighted by atomic mass is 16.6.